The lowest BCUT2D eigenvalue weighted by atomic mass is 9.76. The second-order valence-electron chi connectivity index (χ2n) is 6.55. The molecule has 0 amide bonds. The number of methoxy groups -OCH3 is 1. The van der Waals surface area contributed by atoms with Crippen LogP contribution in [0.5, 0.6) is 5.75 Å². The van der Waals surface area contributed by atoms with Gasteiger partial charge in [0.15, 0.2) is 0 Å². The van der Waals surface area contributed by atoms with Gasteiger partial charge in [0.1, 0.15) is 5.75 Å². The first-order chi connectivity index (χ1) is 9.52. The van der Waals surface area contributed by atoms with E-state index < -0.39 is 0 Å². The Bertz CT molecular complexity index is 421. The van der Waals surface area contributed by atoms with Gasteiger partial charge in [0.25, 0.3) is 0 Å². The van der Waals surface area contributed by atoms with Gasteiger partial charge in [-0.1, -0.05) is 32.0 Å². The molecular weight excluding hydrogens is 250 g/mol. The van der Waals surface area contributed by atoms with Crippen LogP contribution >= 0.6 is 0 Å². The van der Waals surface area contributed by atoms with Crippen LogP contribution in [0.3, 0.4) is 0 Å². The topological polar surface area (TPSA) is 44.5 Å². The highest BCUT2D eigenvalue weighted by Gasteiger charge is 2.27. The van der Waals surface area contributed by atoms with Crippen molar-refractivity contribution < 1.29 is 9.47 Å². The molecule has 1 aliphatic rings. The van der Waals surface area contributed by atoms with E-state index in [0.717, 1.165) is 24.2 Å². The molecule has 3 heteroatoms. The third kappa shape index (κ3) is 3.97. The van der Waals surface area contributed by atoms with E-state index >= 15 is 0 Å². The zero-order valence-electron chi connectivity index (χ0n) is 12.9. The Labute approximate surface area is 122 Å². The fraction of sp³-hybridized carbons (Fsp3) is 0.647. The lowest BCUT2D eigenvalue weighted by Gasteiger charge is -2.34. The maximum atomic E-state index is 6.24. The summed E-state index contributed by atoms with van der Waals surface area (Å²) in [7, 11) is 1.68. The molecule has 1 fully saturated rings. The van der Waals surface area contributed by atoms with Gasteiger partial charge in [0.05, 0.1) is 25.9 Å². The summed E-state index contributed by atoms with van der Waals surface area (Å²) in [6, 6.07) is 7.77. The first-order valence-electron chi connectivity index (χ1n) is 7.52. The molecule has 1 aromatic rings. The van der Waals surface area contributed by atoms with Crippen LogP contribution < -0.4 is 10.5 Å². The van der Waals surface area contributed by atoms with Crippen LogP contribution in [0.2, 0.25) is 0 Å². The Morgan fingerprint density at radius 2 is 1.90 bits per heavy atom. The highest BCUT2D eigenvalue weighted by Crippen LogP contribution is 2.36. The molecule has 112 valence electrons. The average molecular weight is 277 g/mol. The quantitative estimate of drug-likeness (QED) is 0.893. The van der Waals surface area contributed by atoms with E-state index in [0.29, 0.717) is 18.1 Å². The second kappa shape index (κ2) is 6.59. The van der Waals surface area contributed by atoms with Gasteiger partial charge in [-0.25, -0.2) is 0 Å². The van der Waals surface area contributed by atoms with Gasteiger partial charge in [-0.05, 0) is 37.2 Å². The van der Waals surface area contributed by atoms with E-state index in [9.17, 15) is 0 Å². The molecule has 1 aliphatic carbocycles. The summed E-state index contributed by atoms with van der Waals surface area (Å²) >= 11 is 0. The lowest BCUT2D eigenvalue weighted by molar-refractivity contribution is -0.00203. The normalized spacial score (nSPS) is 20.6. The van der Waals surface area contributed by atoms with Crippen molar-refractivity contribution in [3.63, 3.8) is 0 Å². The molecule has 3 nitrogen and oxygen atoms in total. The van der Waals surface area contributed by atoms with Gasteiger partial charge in [0.2, 0.25) is 0 Å². The molecular formula is C17H27NO2. The maximum Gasteiger partial charge on any atom is 0.123 e. The molecule has 1 saturated carbocycles. The molecule has 2 rings (SSSR count). The van der Waals surface area contributed by atoms with Crippen molar-refractivity contribution in [1.82, 2.24) is 0 Å². The first kappa shape index (κ1) is 15.3. The van der Waals surface area contributed by atoms with Crippen molar-refractivity contribution in [1.29, 1.82) is 0 Å². The van der Waals surface area contributed by atoms with Gasteiger partial charge < -0.3 is 15.2 Å². The van der Waals surface area contributed by atoms with E-state index in [4.69, 9.17) is 15.2 Å². The van der Waals surface area contributed by atoms with Crippen molar-refractivity contribution >= 4 is 0 Å². The van der Waals surface area contributed by atoms with Crippen LogP contribution in [0.1, 0.15) is 51.1 Å². The number of nitrogens with two attached hydrogens (primary N) is 1. The molecule has 1 atom stereocenters. The van der Waals surface area contributed by atoms with E-state index in [1.165, 1.54) is 12.8 Å². The third-order valence-electron chi connectivity index (χ3n) is 4.34. The third-order valence-corrected chi connectivity index (χ3v) is 4.34. The van der Waals surface area contributed by atoms with Crippen LogP contribution in [0, 0.1) is 5.41 Å². The zero-order valence-corrected chi connectivity index (χ0v) is 12.9. The minimum absolute atomic E-state index is 0.124. The fourth-order valence-corrected chi connectivity index (χ4v) is 2.84. The Morgan fingerprint density at radius 1 is 1.25 bits per heavy atom. The van der Waals surface area contributed by atoms with Crippen molar-refractivity contribution in [2.24, 2.45) is 11.1 Å². The maximum absolute atomic E-state index is 6.24. The number of hydrogen-bond acceptors (Lipinski definition) is 3. The Balaban J connectivity index is 1.85. The van der Waals surface area contributed by atoms with Crippen molar-refractivity contribution in [3.8, 4) is 5.75 Å². The molecule has 20 heavy (non-hydrogen) atoms. The standard InChI is InChI=1S/C17H27NO2/c1-17(2)10-8-13(9-11-17)20-12-15(18)14-6-4-5-7-16(14)19-3/h4-7,13,15H,8-12,18H2,1-3H3. The molecule has 0 aromatic heterocycles. The summed E-state index contributed by atoms with van der Waals surface area (Å²) in [6.07, 6.45) is 5.13. The first-order valence-corrected chi connectivity index (χ1v) is 7.52. The molecule has 0 aliphatic heterocycles. The molecule has 2 N–H and O–H groups in total. The molecule has 1 unspecified atom stereocenters. The molecule has 0 heterocycles. The minimum Gasteiger partial charge on any atom is -0.496 e. The van der Waals surface area contributed by atoms with Crippen LogP contribution in [0.25, 0.3) is 0 Å². The predicted octanol–water partition coefficient (Wildman–Crippen LogP) is 3.68. The highest BCUT2D eigenvalue weighted by atomic mass is 16.5. The Hall–Kier alpha value is -1.06. The van der Waals surface area contributed by atoms with Crippen LogP contribution in [-0.4, -0.2) is 19.8 Å². The molecule has 0 spiro atoms. The number of ether oxygens (including phenoxy) is 2. The van der Waals surface area contributed by atoms with Gasteiger partial charge >= 0.3 is 0 Å². The second-order valence-corrected chi connectivity index (χ2v) is 6.55. The summed E-state index contributed by atoms with van der Waals surface area (Å²) in [5.41, 5.74) is 7.73. The fourth-order valence-electron chi connectivity index (χ4n) is 2.84. The lowest BCUT2D eigenvalue weighted by Crippen LogP contribution is -2.29. The predicted molar refractivity (Wildman–Crippen MR) is 81.9 cm³/mol. The van der Waals surface area contributed by atoms with Crippen molar-refractivity contribution in [2.45, 2.75) is 51.7 Å². The van der Waals surface area contributed by atoms with Gasteiger partial charge in [0, 0.05) is 5.56 Å². The smallest absolute Gasteiger partial charge is 0.123 e. The van der Waals surface area contributed by atoms with Gasteiger partial charge in [-0.15, -0.1) is 0 Å². The number of rotatable bonds is 5. The van der Waals surface area contributed by atoms with E-state index in [1.54, 1.807) is 7.11 Å². The molecule has 1 aromatic carbocycles. The number of para-hydroxylation sites is 1. The Morgan fingerprint density at radius 3 is 2.55 bits per heavy atom. The van der Waals surface area contributed by atoms with Crippen LogP contribution in [0.4, 0.5) is 0 Å². The summed E-state index contributed by atoms with van der Waals surface area (Å²) < 4.78 is 11.4. The SMILES string of the molecule is COc1ccccc1C(N)COC1CCC(C)(C)CC1. The average Bonchev–Trinajstić information content (AvgIpc) is 2.45. The van der Waals surface area contributed by atoms with E-state index in [-0.39, 0.29) is 6.04 Å². The van der Waals surface area contributed by atoms with Gasteiger partial charge in [-0.2, -0.15) is 0 Å². The summed E-state index contributed by atoms with van der Waals surface area (Å²) in [6.45, 7) is 5.24. The highest BCUT2D eigenvalue weighted by molar-refractivity contribution is 5.35. The van der Waals surface area contributed by atoms with Crippen molar-refractivity contribution in [3.05, 3.63) is 29.8 Å². The van der Waals surface area contributed by atoms with Crippen molar-refractivity contribution in [2.75, 3.05) is 13.7 Å². The van der Waals surface area contributed by atoms with Crippen LogP contribution in [0.15, 0.2) is 24.3 Å². The summed E-state index contributed by atoms with van der Waals surface area (Å²) in [5.74, 6) is 0.841. The van der Waals surface area contributed by atoms with Gasteiger partial charge in [-0.3, -0.25) is 0 Å². The molecule has 0 bridgehead atoms. The largest absolute Gasteiger partial charge is 0.496 e. The zero-order chi connectivity index (χ0) is 14.6. The van der Waals surface area contributed by atoms with E-state index in [2.05, 4.69) is 13.8 Å². The number of benzene rings is 1. The molecule has 0 saturated heterocycles. The summed E-state index contributed by atoms with van der Waals surface area (Å²) in [4.78, 5) is 0. The Kier molecular flexibility index (Phi) is 5.06. The summed E-state index contributed by atoms with van der Waals surface area (Å²) in [5, 5.41) is 0. The van der Waals surface area contributed by atoms with Crippen LogP contribution in [-0.2, 0) is 4.74 Å². The molecule has 0 radical (unpaired) electrons. The minimum atomic E-state index is -0.124. The van der Waals surface area contributed by atoms with E-state index in [1.807, 2.05) is 24.3 Å². The monoisotopic (exact) mass is 277 g/mol. The number of hydrogen-bond donors (Lipinski definition) is 1.